The zero-order valence-corrected chi connectivity index (χ0v) is 15.9. The van der Waals surface area contributed by atoms with Crippen molar-refractivity contribution in [3.63, 3.8) is 0 Å². The highest BCUT2D eigenvalue weighted by Crippen LogP contribution is 2.35. The fraction of sp³-hybridized carbons (Fsp3) is 0.429. The van der Waals surface area contributed by atoms with Gasteiger partial charge in [-0.15, -0.1) is 0 Å². The lowest BCUT2D eigenvalue weighted by Crippen LogP contribution is -2.56. The van der Waals surface area contributed by atoms with Gasteiger partial charge in [0.05, 0.1) is 5.69 Å². The summed E-state index contributed by atoms with van der Waals surface area (Å²) in [6.45, 7) is 10.4. The van der Waals surface area contributed by atoms with E-state index in [1.165, 1.54) is 0 Å². The first-order valence-electron chi connectivity index (χ1n) is 9.00. The minimum absolute atomic E-state index is 0.0395. The maximum absolute atomic E-state index is 13.5. The fourth-order valence-corrected chi connectivity index (χ4v) is 3.35. The van der Waals surface area contributed by atoms with Crippen LogP contribution in [0.1, 0.15) is 52.3 Å². The van der Waals surface area contributed by atoms with E-state index in [1.807, 2.05) is 60.5 Å². The second kappa shape index (κ2) is 8.26. The molecule has 0 aliphatic heterocycles. The summed E-state index contributed by atoms with van der Waals surface area (Å²) in [5.41, 5.74) is 4.08. The molecular formula is C21H29N3O. The maximum atomic E-state index is 13.5. The number of rotatable bonds is 7. The number of hydrogen-bond donors (Lipinski definition) is 1. The zero-order valence-electron chi connectivity index (χ0n) is 15.9. The molecule has 4 heteroatoms. The molecule has 134 valence electrons. The average Bonchev–Trinajstić information content (AvgIpc) is 2.62. The van der Waals surface area contributed by atoms with Crippen molar-refractivity contribution in [1.29, 1.82) is 0 Å². The molecule has 1 atom stereocenters. The van der Waals surface area contributed by atoms with Crippen LogP contribution in [0.5, 0.6) is 0 Å². The Balaban J connectivity index is 2.53. The van der Waals surface area contributed by atoms with Crippen LogP contribution in [-0.4, -0.2) is 28.0 Å². The van der Waals surface area contributed by atoms with Gasteiger partial charge in [0.25, 0.3) is 5.91 Å². The summed E-state index contributed by atoms with van der Waals surface area (Å²) in [5.74, 6) is -0.0395. The van der Waals surface area contributed by atoms with Gasteiger partial charge in [0.2, 0.25) is 0 Å². The Kier molecular flexibility index (Phi) is 6.32. The van der Waals surface area contributed by atoms with Gasteiger partial charge in [-0.3, -0.25) is 15.2 Å². The van der Waals surface area contributed by atoms with Crippen molar-refractivity contribution >= 4 is 5.91 Å². The summed E-state index contributed by atoms with van der Waals surface area (Å²) in [4.78, 5) is 18.1. The average molecular weight is 339 g/mol. The van der Waals surface area contributed by atoms with E-state index in [4.69, 9.17) is 0 Å². The normalized spacial score (nSPS) is 13.9. The van der Waals surface area contributed by atoms with Crippen molar-refractivity contribution in [3.05, 3.63) is 66.0 Å². The Hall–Kier alpha value is -2.20. The Bertz CT molecular complexity index is 621. The van der Waals surface area contributed by atoms with Crippen LogP contribution in [0.2, 0.25) is 0 Å². The van der Waals surface area contributed by atoms with E-state index in [0.29, 0.717) is 6.42 Å². The highest BCUT2D eigenvalue weighted by atomic mass is 16.2. The molecule has 1 unspecified atom stereocenters. The fourth-order valence-electron chi connectivity index (χ4n) is 3.35. The van der Waals surface area contributed by atoms with Gasteiger partial charge in [0, 0.05) is 18.3 Å². The van der Waals surface area contributed by atoms with E-state index in [9.17, 15) is 4.79 Å². The molecule has 0 bridgehead atoms. The van der Waals surface area contributed by atoms with Crippen LogP contribution in [0.15, 0.2) is 54.7 Å². The van der Waals surface area contributed by atoms with E-state index in [1.54, 1.807) is 6.20 Å². The molecule has 0 aliphatic carbocycles. The molecule has 0 fully saturated rings. The van der Waals surface area contributed by atoms with Gasteiger partial charge in [-0.25, -0.2) is 5.01 Å². The first-order valence-corrected chi connectivity index (χ1v) is 9.00. The number of carbonyl (C=O) groups is 1. The second-order valence-electron chi connectivity index (χ2n) is 6.88. The van der Waals surface area contributed by atoms with E-state index in [2.05, 4.69) is 38.1 Å². The topological polar surface area (TPSA) is 45.2 Å². The number of carbonyl (C=O) groups excluding carboxylic acids is 1. The van der Waals surface area contributed by atoms with E-state index >= 15 is 0 Å². The lowest BCUT2D eigenvalue weighted by molar-refractivity contribution is -0.132. The number of nitrogens with one attached hydrogen (secondary N) is 1. The second-order valence-corrected chi connectivity index (χ2v) is 6.88. The lowest BCUT2D eigenvalue weighted by atomic mass is 9.74. The number of hydrogen-bond acceptors (Lipinski definition) is 3. The molecule has 1 aromatic carbocycles. The number of hydrazine groups is 1. The Labute approximate surface area is 151 Å². The predicted molar refractivity (Wildman–Crippen MR) is 102 cm³/mol. The molecule has 0 saturated heterocycles. The van der Waals surface area contributed by atoms with Crippen LogP contribution in [0.25, 0.3) is 0 Å². The van der Waals surface area contributed by atoms with Crippen molar-refractivity contribution in [3.8, 4) is 0 Å². The highest BCUT2D eigenvalue weighted by Gasteiger charge is 2.42. The molecule has 2 rings (SSSR count). The summed E-state index contributed by atoms with van der Waals surface area (Å²) in [6.07, 6.45) is 2.38. The van der Waals surface area contributed by atoms with Gasteiger partial charge in [-0.05, 0) is 51.8 Å². The summed E-state index contributed by atoms with van der Waals surface area (Å²) in [7, 11) is 0. The van der Waals surface area contributed by atoms with Crippen molar-refractivity contribution in [2.24, 2.45) is 0 Å². The molecule has 1 N–H and O–H groups in total. The molecular weight excluding hydrogens is 310 g/mol. The van der Waals surface area contributed by atoms with E-state index < -0.39 is 5.41 Å². The Morgan fingerprint density at radius 2 is 1.64 bits per heavy atom. The number of aromatic nitrogens is 1. The van der Waals surface area contributed by atoms with Crippen LogP contribution >= 0.6 is 0 Å². The SMILES string of the molecule is CCC(C(=O)NN(C(C)C)C(C)C)(c1ccccc1)c1ccccn1. The number of benzene rings is 1. The summed E-state index contributed by atoms with van der Waals surface area (Å²) >= 11 is 0. The van der Waals surface area contributed by atoms with Gasteiger partial charge >= 0.3 is 0 Å². The first-order chi connectivity index (χ1) is 11.9. The van der Waals surface area contributed by atoms with E-state index in [-0.39, 0.29) is 18.0 Å². The smallest absolute Gasteiger partial charge is 0.251 e. The third-order valence-corrected chi connectivity index (χ3v) is 4.63. The van der Waals surface area contributed by atoms with Crippen LogP contribution in [0, 0.1) is 0 Å². The maximum Gasteiger partial charge on any atom is 0.251 e. The predicted octanol–water partition coefficient (Wildman–Crippen LogP) is 3.93. The van der Waals surface area contributed by atoms with E-state index in [0.717, 1.165) is 11.3 Å². The van der Waals surface area contributed by atoms with Crippen molar-refractivity contribution in [1.82, 2.24) is 15.4 Å². The minimum Gasteiger partial charge on any atom is -0.287 e. The molecule has 1 aromatic heterocycles. The van der Waals surface area contributed by atoms with Crippen LogP contribution < -0.4 is 5.43 Å². The monoisotopic (exact) mass is 339 g/mol. The van der Waals surface area contributed by atoms with Gasteiger partial charge in [-0.1, -0.05) is 43.3 Å². The molecule has 0 saturated carbocycles. The third kappa shape index (κ3) is 3.90. The quantitative estimate of drug-likeness (QED) is 0.778. The van der Waals surface area contributed by atoms with Crippen LogP contribution in [0.4, 0.5) is 0 Å². The number of nitrogens with zero attached hydrogens (tertiary/aromatic N) is 2. The Morgan fingerprint density at radius 1 is 1.04 bits per heavy atom. The van der Waals surface area contributed by atoms with Crippen molar-refractivity contribution in [2.75, 3.05) is 0 Å². The summed E-state index contributed by atoms with van der Waals surface area (Å²) in [6, 6.07) is 16.1. The molecule has 1 amide bonds. The number of amides is 1. The molecule has 1 heterocycles. The largest absolute Gasteiger partial charge is 0.287 e. The van der Waals surface area contributed by atoms with Gasteiger partial charge in [-0.2, -0.15) is 0 Å². The molecule has 25 heavy (non-hydrogen) atoms. The minimum atomic E-state index is -0.815. The highest BCUT2D eigenvalue weighted by molar-refractivity contribution is 5.91. The molecule has 0 aliphatic rings. The van der Waals surface area contributed by atoms with Gasteiger partial charge in [0.1, 0.15) is 5.41 Å². The van der Waals surface area contributed by atoms with Gasteiger partial charge in [0.15, 0.2) is 0 Å². The molecule has 4 nitrogen and oxygen atoms in total. The van der Waals surface area contributed by atoms with Crippen molar-refractivity contribution in [2.45, 2.75) is 58.5 Å². The Morgan fingerprint density at radius 3 is 2.12 bits per heavy atom. The molecule has 2 aromatic rings. The summed E-state index contributed by atoms with van der Waals surface area (Å²) < 4.78 is 0. The zero-order chi connectivity index (χ0) is 18.4. The molecule has 0 spiro atoms. The first kappa shape index (κ1) is 19.1. The summed E-state index contributed by atoms with van der Waals surface area (Å²) in [5, 5.41) is 2.00. The number of pyridine rings is 1. The van der Waals surface area contributed by atoms with Crippen molar-refractivity contribution < 1.29 is 4.79 Å². The van der Waals surface area contributed by atoms with Crippen LogP contribution in [0.3, 0.4) is 0 Å². The van der Waals surface area contributed by atoms with Crippen LogP contribution in [-0.2, 0) is 10.2 Å². The lowest BCUT2D eigenvalue weighted by Gasteiger charge is -2.37. The standard InChI is InChI=1S/C21H29N3O/c1-6-21(18-12-8-7-9-13-18,19-14-10-11-15-22-19)20(25)23-24(16(2)3)17(4)5/h7-17H,6H2,1-5H3,(H,23,25). The third-order valence-electron chi connectivity index (χ3n) is 4.63. The van der Waals surface area contributed by atoms with Gasteiger partial charge < -0.3 is 0 Å². The molecule has 0 radical (unpaired) electrons.